The Labute approximate surface area is 168 Å². The van der Waals surface area contributed by atoms with Gasteiger partial charge in [-0.2, -0.15) is 0 Å². The van der Waals surface area contributed by atoms with Crippen LogP contribution in [0.3, 0.4) is 0 Å². The molecule has 0 saturated heterocycles. The van der Waals surface area contributed by atoms with E-state index in [0.29, 0.717) is 17.3 Å². The third kappa shape index (κ3) is 1.92. The second kappa shape index (κ2) is 5.84. The summed E-state index contributed by atoms with van der Waals surface area (Å²) in [5.41, 5.74) is 2.78. The molecule has 3 heteroatoms. The first-order valence-electron chi connectivity index (χ1n) is 11.5. The van der Waals surface area contributed by atoms with Crippen molar-refractivity contribution in [3.8, 4) is 0 Å². The molecule has 4 saturated carbocycles. The number of rotatable bonds is 2. The predicted octanol–water partition coefficient (Wildman–Crippen LogP) is 5.37. The molecule has 0 radical (unpaired) electrons. The molecule has 6 rings (SSSR count). The molecule has 0 aromatic heterocycles. The minimum Gasteiger partial charge on any atom is -0.411 e. The van der Waals surface area contributed by atoms with E-state index in [9.17, 15) is 5.21 Å². The predicted molar refractivity (Wildman–Crippen MR) is 110 cm³/mol. The van der Waals surface area contributed by atoms with Crippen molar-refractivity contribution in [3.63, 3.8) is 0 Å². The van der Waals surface area contributed by atoms with Gasteiger partial charge in [0.25, 0.3) is 0 Å². The lowest BCUT2D eigenvalue weighted by Gasteiger charge is -2.60. The summed E-state index contributed by atoms with van der Waals surface area (Å²) in [6.45, 7) is 7.53. The molecule has 0 aromatic carbocycles. The van der Waals surface area contributed by atoms with Crippen LogP contribution in [0.5, 0.6) is 0 Å². The molecule has 28 heavy (non-hydrogen) atoms. The number of hydrogen-bond donors (Lipinski definition) is 1. The number of oxime groups is 1. The second-order valence-electron chi connectivity index (χ2n) is 10.4. The highest BCUT2D eigenvalue weighted by Gasteiger charge is 2.77. The Kier molecular flexibility index (Phi) is 3.65. The summed E-state index contributed by atoms with van der Waals surface area (Å²) in [5, 5.41) is 12.8. The number of fused-ring (bicyclic) bond motifs is 9. The maximum absolute atomic E-state index is 9.29. The number of allylic oxidation sites excluding steroid dienone is 3. The van der Waals surface area contributed by atoms with E-state index in [2.05, 4.69) is 43.0 Å². The van der Waals surface area contributed by atoms with Crippen LogP contribution >= 0.6 is 0 Å². The maximum Gasteiger partial charge on any atom is 0.0957 e. The first-order valence-corrected chi connectivity index (χ1v) is 11.5. The molecule has 9 atom stereocenters. The normalized spacial score (nSPS) is 54.7. The summed E-state index contributed by atoms with van der Waals surface area (Å²) < 4.78 is 6.61. The van der Waals surface area contributed by atoms with E-state index in [1.165, 1.54) is 31.3 Å². The SMILES string of the molecule is C=C[C@@H]1CC2=C/C(=N/O)CC[C@@H]2C2CC[C@@]3(CC)C(C21)[C@@H]1C[C@@H]1[C@@]31C=CCO1. The fourth-order valence-corrected chi connectivity index (χ4v) is 9.09. The molecule has 150 valence electrons. The van der Waals surface area contributed by atoms with Gasteiger partial charge >= 0.3 is 0 Å². The van der Waals surface area contributed by atoms with Gasteiger partial charge < -0.3 is 9.94 Å². The van der Waals surface area contributed by atoms with E-state index in [0.717, 1.165) is 61.2 Å². The van der Waals surface area contributed by atoms with Gasteiger partial charge in [-0.05, 0) is 92.4 Å². The van der Waals surface area contributed by atoms with Gasteiger partial charge in [-0.1, -0.05) is 35.9 Å². The summed E-state index contributed by atoms with van der Waals surface area (Å²) in [5.74, 6) is 5.20. The Morgan fingerprint density at radius 3 is 2.96 bits per heavy atom. The Morgan fingerprint density at radius 1 is 1.36 bits per heavy atom. The van der Waals surface area contributed by atoms with Crippen molar-refractivity contribution in [2.24, 2.45) is 52.0 Å². The molecule has 1 heterocycles. The molecule has 5 aliphatic carbocycles. The summed E-state index contributed by atoms with van der Waals surface area (Å²) in [6.07, 6.45) is 17.7. The number of ether oxygens (including phenoxy) is 1. The van der Waals surface area contributed by atoms with Gasteiger partial charge in [-0.25, -0.2) is 0 Å². The molecular weight excluding hydrogens is 346 g/mol. The van der Waals surface area contributed by atoms with Crippen LogP contribution in [0.15, 0.2) is 41.6 Å². The summed E-state index contributed by atoms with van der Waals surface area (Å²) in [4.78, 5) is 0. The number of nitrogens with zero attached hydrogens (tertiary/aromatic N) is 1. The lowest BCUT2D eigenvalue weighted by atomic mass is 9.46. The lowest BCUT2D eigenvalue weighted by molar-refractivity contribution is -0.148. The van der Waals surface area contributed by atoms with Crippen LogP contribution in [0.2, 0.25) is 0 Å². The monoisotopic (exact) mass is 379 g/mol. The van der Waals surface area contributed by atoms with E-state index in [-0.39, 0.29) is 5.60 Å². The molecule has 3 unspecified atom stereocenters. The molecule has 6 aliphatic rings. The van der Waals surface area contributed by atoms with Crippen molar-refractivity contribution in [2.45, 2.75) is 57.5 Å². The maximum atomic E-state index is 9.29. The summed E-state index contributed by atoms with van der Waals surface area (Å²) in [6, 6.07) is 0. The average molecular weight is 380 g/mol. The third-order valence-electron chi connectivity index (χ3n) is 9.97. The largest absolute Gasteiger partial charge is 0.411 e. The fraction of sp³-hybridized carbons (Fsp3) is 0.720. The van der Waals surface area contributed by atoms with Gasteiger partial charge in [-0.3, -0.25) is 0 Å². The summed E-state index contributed by atoms with van der Waals surface area (Å²) in [7, 11) is 0. The first-order chi connectivity index (χ1) is 13.7. The van der Waals surface area contributed by atoms with Crippen LogP contribution in [-0.2, 0) is 4.74 Å². The standard InChI is InChI=1S/C25H33NO2/c1-3-15-12-16-13-17(26-27)6-7-18(16)19-8-10-24(4-2)23(22(15)19)20-14-21(20)25(24)9-5-11-28-25/h3,5,9,13,15,18-23,27H,1,4,6-8,10-12,14H2,2H3/b26-17+/t15-,18+,19?,20-,21+,22?,23?,24+,25+/m1/s1. The Bertz CT molecular complexity index is 796. The van der Waals surface area contributed by atoms with Crippen molar-refractivity contribution in [2.75, 3.05) is 6.61 Å². The van der Waals surface area contributed by atoms with Crippen LogP contribution in [0.4, 0.5) is 0 Å². The van der Waals surface area contributed by atoms with Gasteiger partial charge in [0.05, 0.1) is 17.9 Å². The molecule has 4 fully saturated rings. The first kappa shape index (κ1) is 17.5. The van der Waals surface area contributed by atoms with Crippen molar-refractivity contribution >= 4 is 5.71 Å². The molecule has 0 aromatic rings. The minimum atomic E-state index is 0.0349. The van der Waals surface area contributed by atoms with Crippen molar-refractivity contribution in [1.29, 1.82) is 0 Å². The highest BCUT2D eigenvalue weighted by atomic mass is 16.5. The minimum absolute atomic E-state index is 0.0349. The zero-order valence-corrected chi connectivity index (χ0v) is 17.0. The van der Waals surface area contributed by atoms with Gasteiger partial charge in [0.1, 0.15) is 0 Å². The fourth-order valence-electron chi connectivity index (χ4n) is 9.09. The lowest BCUT2D eigenvalue weighted by Crippen LogP contribution is -2.57. The van der Waals surface area contributed by atoms with Crippen molar-refractivity contribution in [3.05, 3.63) is 36.5 Å². The zero-order valence-electron chi connectivity index (χ0n) is 17.0. The van der Waals surface area contributed by atoms with Crippen LogP contribution in [-0.4, -0.2) is 23.1 Å². The van der Waals surface area contributed by atoms with E-state index in [1.807, 2.05) is 0 Å². The molecule has 1 N–H and O–H groups in total. The smallest absolute Gasteiger partial charge is 0.0957 e. The zero-order chi connectivity index (χ0) is 19.1. The van der Waals surface area contributed by atoms with Crippen LogP contribution < -0.4 is 0 Å². The third-order valence-corrected chi connectivity index (χ3v) is 9.97. The van der Waals surface area contributed by atoms with Gasteiger partial charge in [-0.15, -0.1) is 6.58 Å². The highest BCUT2D eigenvalue weighted by Crippen LogP contribution is 2.79. The molecule has 1 aliphatic heterocycles. The van der Waals surface area contributed by atoms with Crippen LogP contribution in [0.25, 0.3) is 0 Å². The quantitative estimate of drug-likeness (QED) is 0.398. The molecule has 0 amide bonds. The highest BCUT2D eigenvalue weighted by molar-refractivity contribution is 5.96. The van der Waals surface area contributed by atoms with E-state index < -0.39 is 0 Å². The van der Waals surface area contributed by atoms with Gasteiger partial charge in [0.2, 0.25) is 0 Å². The van der Waals surface area contributed by atoms with E-state index >= 15 is 0 Å². The summed E-state index contributed by atoms with van der Waals surface area (Å²) >= 11 is 0. The molecule has 0 bridgehead atoms. The van der Waals surface area contributed by atoms with Crippen LogP contribution in [0.1, 0.15) is 51.9 Å². The Hall–Kier alpha value is -1.35. The second-order valence-corrected chi connectivity index (χ2v) is 10.4. The van der Waals surface area contributed by atoms with Crippen molar-refractivity contribution in [1.82, 2.24) is 0 Å². The van der Waals surface area contributed by atoms with Crippen molar-refractivity contribution < 1.29 is 9.94 Å². The van der Waals surface area contributed by atoms with Crippen LogP contribution in [0, 0.1) is 46.8 Å². The van der Waals surface area contributed by atoms with E-state index in [1.54, 1.807) is 0 Å². The number of hydrogen-bond acceptors (Lipinski definition) is 3. The van der Waals surface area contributed by atoms with Gasteiger partial charge in [0, 0.05) is 5.41 Å². The van der Waals surface area contributed by atoms with E-state index in [4.69, 9.17) is 4.74 Å². The molecular formula is C25H33NO2. The molecule has 3 nitrogen and oxygen atoms in total. The Balaban J connectivity index is 1.43. The topological polar surface area (TPSA) is 41.8 Å². The Morgan fingerprint density at radius 2 is 2.25 bits per heavy atom. The van der Waals surface area contributed by atoms with Gasteiger partial charge in [0.15, 0.2) is 0 Å². The average Bonchev–Trinajstić information content (AvgIpc) is 3.31. The molecule has 1 spiro atoms.